The van der Waals surface area contributed by atoms with Crippen LogP contribution < -0.4 is 0 Å². The number of carbonyl (C=O) groups is 1. The van der Waals surface area contributed by atoms with Gasteiger partial charge in [-0.25, -0.2) is 0 Å². The third-order valence-electron chi connectivity index (χ3n) is 3.14. The zero-order valence-corrected chi connectivity index (χ0v) is 13.1. The van der Waals surface area contributed by atoms with Gasteiger partial charge in [-0.05, 0) is 44.6 Å². The standard InChI is InChI=1S/C18H25O4/c1-16(22-15-19)8-7-12-18(20)11-5-6-13-21-14-17-9-3-2-4-10-17/h2-4,7-10,12,15-16,18,20H,5-6,11,13-14H2,1H3/t16-,18+/m0/s1. The molecule has 0 saturated carbocycles. The van der Waals surface area contributed by atoms with Crippen LogP contribution in [0.15, 0.2) is 30.3 Å². The Bertz CT molecular complexity index is 380. The Morgan fingerprint density at radius 1 is 1.18 bits per heavy atom. The Morgan fingerprint density at radius 3 is 2.68 bits per heavy atom. The monoisotopic (exact) mass is 305 g/mol. The van der Waals surface area contributed by atoms with Gasteiger partial charge in [-0.15, -0.1) is 0 Å². The minimum absolute atomic E-state index is 0.271. The van der Waals surface area contributed by atoms with Gasteiger partial charge in [0.05, 0.1) is 12.7 Å². The second-order valence-corrected chi connectivity index (χ2v) is 5.12. The minimum Gasteiger partial charge on any atom is -0.465 e. The first-order valence-electron chi connectivity index (χ1n) is 7.63. The van der Waals surface area contributed by atoms with Crippen LogP contribution in [0.5, 0.6) is 0 Å². The van der Waals surface area contributed by atoms with Crippen molar-refractivity contribution in [1.82, 2.24) is 0 Å². The van der Waals surface area contributed by atoms with Gasteiger partial charge in [-0.2, -0.15) is 0 Å². The van der Waals surface area contributed by atoms with Gasteiger partial charge in [0, 0.05) is 13.0 Å². The van der Waals surface area contributed by atoms with Crippen LogP contribution in [0.25, 0.3) is 0 Å². The van der Waals surface area contributed by atoms with Crippen molar-refractivity contribution in [3.8, 4) is 0 Å². The molecule has 0 unspecified atom stereocenters. The van der Waals surface area contributed by atoms with Crippen LogP contribution >= 0.6 is 0 Å². The molecule has 4 nitrogen and oxygen atoms in total. The van der Waals surface area contributed by atoms with Gasteiger partial charge in [0.25, 0.3) is 6.47 Å². The summed E-state index contributed by atoms with van der Waals surface area (Å²) in [6.45, 7) is 3.50. The Labute approximate surface area is 133 Å². The van der Waals surface area contributed by atoms with Crippen LogP contribution in [-0.2, 0) is 20.9 Å². The van der Waals surface area contributed by atoms with Crippen molar-refractivity contribution in [2.24, 2.45) is 0 Å². The predicted molar refractivity (Wildman–Crippen MR) is 85.5 cm³/mol. The summed E-state index contributed by atoms with van der Waals surface area (Å²) in [7, 11) is 0. The molecule has 0 amide bonds. The number of unbranched alkanes of at least 4 members (excludes halogenated alkanes) is 1. The van der Waals surface area contributed by atoms with E-state index >= 15 is 0 Å². The SMILES string of the molecule is C[C@@H]([CH][CH][CH][C@H](O)CCCCOCc1ccccc1)OC=O. The normalized spacial score (nSPS) is 13.5. The Morgan fingerprint density at radius 2 is 1.95 bits per heavy atom. The van der Waals surface area contributed by atoms with Crippen LogP contribution in [0, 0.1) is 19.3 Å². The molecule has 2 atom stereocenters. The predicted octanol–water partition coefficient (Wildman–Crippen LogP) is 2.91. The molecule has 1 rings (SSSR count). The van der Waals surface area contributed by atoms with Gasteiger partial charge in [0.2, 0.25) is 0 Å². The number of aliphatic hydroxyl groups excluding tert-OH is 1. The molecule has 0 aliphatic rings. The summed E-state index contributed by atoms with van der Waals surface area (Å²) < 4.78 is 10.3. The summed E-state index contributed by atoms with van der Waals surface area (Å²) in [6, 6.07) is 10.1. The number of benzene rings is 1. The topological polar surface area (TPSA) is 55.8 Å². The molecule has 0 heterocycles. The first kappa shape index (κ1) is 18.7. The van der Waals surface area contributed by atoms with E-state index in [-0.39, 0.29) is 6.10 Å². The first-order valence-corrected chi connectivity index (χ1v) is 7.63. The average Bonchev–Trinajstić information content (AvgIpc) is 2.52. The van der Waals surface area contributed by atoms with Crippen molar-refractivity contribution in [2.45, 2.75) is 45.0 Å². The van der Waals surface area contributed by atoms with Gasteiger partial charge < -0.3 is 14.6 Å². The molecular formula is C18H25O4. The zero-order chi connectivity index (χ0) is 16.0. The van der Waals surface area contributed by atoms with E-state index < -0.39 is 6.10 Å². The highest BCUT2D eigenvalue weighted by atomic mass is 16.5. The van der Waals surface area contributed by atoms with E-state index in [2.05, 4.69) is 0 Å². The lowest BCUT2D eigenvalue weighted by Gasteiger charge is -2.12. The average molecular weight is 305 g/mol. The fourth-order valence-corrected chi connectivity index (χ4v) is 1.90. The number of carbonyl (C=O) groups excluding carboxylic acids is 1. The lowest BCUT2D eigenvalue weighted by Crippen LogP contribution is -2.12. The summed E-state index contributed by atoms with van der Waals surface area (Å²) in [6.07, 6.45) is 6.93. The van der Waals surface area contributed by atoms with Gasteiger partial charge in [0.1, 0.15) is 6.10 Å². The van der Waals surface area contributed by atoms with Crippen LogP contribution in [0.3, 0.4) is 0 Å². The lowest BCUT2D eigenvalue weighted by molar-refractivity contribution is -0.131. The van der Waals surface area contributed by atoms with Gasteiger partial charge in [-0.3, -0.25) is 4.79 Å². The summed E-state index contributed by atoms with van der Waals surface area (Å²) in [5.41, 5.74) is 1.17. The highest BCUT2D eigenvalue weighted by Gasteiger charge is 2.07. The van der Waals surface area contributed by atoms with E-state index in [1.54, 1.807) is 26.2 Å². The van der Waals surface area contributed by atoms with Crippen molar-refractivity contribution in [3.05, 3.63) is 55.2 Å². The Hall–Kier alpha value is -1.39. The summed E-state index contributed by atoms with van der Waals surface area (Å²) in [4.78, 5) is 10.1. The molecule has 121 valence electrons. The highest BCUT2D eigenvalue weighted by molar-refractivity contribution is 5.37. The molecule has 22 heavy (non-hydrogen) atoms. The number of rotatable bonds is 13. The summed E-state index contributed by atoms with van der Waals surface area (Å²) in [5.74, 6) is 0. The zero-order valence-electron chi connectivity index (χ0n) is 13.1. The molecular weight excluding hydrogens is 280 g/mol. The van der Waals surface area contributed by atoms with E-state index in [0.29, 0.717) is 26.1 Å². The molecule has 0 aliphatic carbocycles. The van der Waals surface area contributed by atoms with Crippen molar-refractivity contribution in [2.75, 3.05) is 6.61 Å². The summed E-state index contributed by atoms with van der Waals surface area (Å²) in [5, 5.41) is 9.77. The van der Waals surface area contributed by atoms with E-state index in [1.165, 1.54) is 5.56 Å². The van der Waals surface area contributed by atoms with Gasteiger partial charge in [-0.1, -0.05) is 30.3 Å². The lowest BCUT2D eigenvalue weighted by atomic mass is 10.0. The minimum atomic E-state index is -0.478. The van der Waals surface area contributed by atoms with Gasteiger partial charge >= 0.3 is 0 Å². The second kappa shape index (κ2) is 12.2. The molecule has 0 aromatic heterocycles. The fraction of sp³-hybridized carbons (Fsp3) is 0.444. The third kappa shape index (κ3) is 9.53. The Balaban J connectivity index is 1.92. The van der Waals surface area contributed by atoms with Crippen LogP contribution in [0.4, 0.5) is 0 Å². The van der Waals surface area contributed by atoms with Crippen molar-refractivity contribution in [1.29, 1.82) is 0 Å². The van der Waals surface area contributed by atoms with Crippen molar-refractivity contribution in [3.63, 3.8) is 0 Å². The smallest absolute Gasteiger partial charge is 0.293 e. The molecule has 3 radical (unpaired) electrons. The van der Waals surface area contributed by atoms with Gasteiger partial charge in [0.15, 0.2) is 0 Å². The molecule has 0 fully saturated rings. The van der Waals surface area contributed by atoms with E-state index in [4.69, 9.17) is 9.47 Å². The van der Waals surface area contributed by atoms with E-state index in [1.807, 2.05) is 30.3 Å². The number of ether oxygens (including phenoxy) is 2. The largest absolute Gasteiger partial charge is 0.465 e. The van der Waals surface area contributed by atoms with E-state index in [0.717, 1.165) is 12.8 Å². The van der Waals surface area contributed by atoms with Crippen LogP contribution in [0.1, 0.15) is 31.7 Å². The Kier molecular flexibility index (Phi) is 10.3. The molecule has 0 saturated heterocycles. The molecule has 0 aliphatic heterocycles. The molecule has 0 spiro atoms. The maximum absolute atomic E-state index is 10.1. The maximum Gasteiger partial charge on any atom is 0.293 e. The number of aliphatic hydroxyl groups is 1. The molecule has 4 heteroatoms. The molecule has 1 aromatic rings. The second-order valence-electron chi connectivity index (χ2n) is 5.12. The third-order valence-corrected chi connectivity index (χ3v) is 3.14. The molecule has 1 aromatic carbocycles. The maximum atomic E-state index is 10.1. The molecule has 0 bridgehead atoms. The van der Waals surface area contributed by atoms with Crippen molar-refractivity contribution < 1.29 is 19.4 Å². The number of hydrogen-bond acceptors (Lipinski definition) is 4. The van der Waals surface area contributed by atoms with E-state index in [9.17, 15) is 9.90 Å². The van der Waals surface area contributed by atoms with Crippen LogP contribution in [-0.4, -0.2) is 30.4 Å². The van der Waals surface area contributed by atoms with Crippen molar-refractivity contribution >= 4 is 6.47 Å². The van der Waals surface area contributed by atoms with Crippen LogP contribution in [0.2, 0.25) is 0 Å². The highest BCUT2D eigenvalue weighted by Crippen LogP contribution is 2.09. The summed E-state index contributed by atoms with van der Waals surface area (Å²) >= 11 is 0. The fourth-order valence-electron chi connectivity index (χ4n) is 1.90. The number of hydrogen-bond donors (Lipinski definition) is 1. The molecule has 1 N–H and O–H groups in total. The quantitative estimate of drug-likeness (QED) is 0.450. The first-order chi connectivity index (χ1) is 10.7.